The van der Waals surface area contributed by atoms with Crippen LogP contribution in [0.1, 0.15) is 52.9 Å². The molecule has 1 aliphatic rings. The minimum Gasteiger partial charge on any atom is -0.432 e. The van der Waals surface area contributed by atoms with E-state index in [-0.39, 0.29) is 24.4 Å². The molecule has 39 heavy (non-hydrogen) atoms. The molecule has 1 saturated heterocycles. The number of benzene rings is 1. The fourth-order valence-electron chi connectivity index (χ4n) is 3.87. The van der Waals surface area contributed by atoms with Gasteiger partial charge in [-0.05, 0) is 51.7 Å². The van der Waals surface area contributed by atoms with Gasteiger partial charge in [0, 0.05) is 12.5 Å². The Kier molecular flexibility index (Phi) is 12.3. The van der Waals surface area contributed by atoms with Crippen LogP contribution in [0.2, 0.25) is 0 Å². The molecule has 13 heteroatoms. The van der Waals surface area contributed by atoms with Gasteiger partial charge in [0.25, 0.3) is 0 Å². The van der Waals surface area contributed by atoms with Crippen molar-refractivity contribution in [2.45, 2.75) is 71.1 Å². The van der Waals surface area contributed by atoms with Crippen LogP contribution < -0.4 is 21.3 Å². The van der Waals surface area contributed by atoms with E-state index in [2.05, 4.69) is 21.3 Å². The van der Waals surface area contributed by atoms with E-state index in [0.717, 1.165) is 6.07 Å². The number of hydrogen-bond acceptors (Lipinski definition) is 8. The molecule has 12 nitrogen and oxygen atoms in total. The van der Waals surface area contributed by atoms with Crippen molar-refractivity contribution in [3.8, 4) is 0 Å². The molecule has 0 spiro atoms. The summed E-state index contributed by atoms with van der Waals surface area (Å²) in [5, 5.41) is 9.68. The molecule has 1 aromatic carbocycles. The van der Waals surface area contributed by atoms with E-state index in [1.807, 2.05) is 0 Å². The number of amides is 4. The van der Waals surface area contributed by atoms with Crippen molar-refractivity contribution in [3.05, 3.63) is 30.1 Å². The predicted octanol–water partition coefficient (Wildman–Crippen LogP) is 1.58. The summed E-state index contributed by atoms with van der Waals surface area (Å²) in [5.41, 5.74) is -0.207. The first-order valence-corrected chi connectivity index (χ1v) is 12.8. The van der Waals surface area contributed by atoms with Crippen LogP contribution in [0, 0.1) is 11.7 Å². The van der Waals surface area contributed by atoms with Gasteiger partial charge in [0.1, 0.15) is 11.9 Å². The number of piperidine rings is 1. The third kappa shape index (κ3) is 10.3. The number of rotatable bonds is 12. The molecule has 1 heterocycles. The number of carbonyl (C=O) groups excluding carboxylic acids is 6. The van der Waals surface area contributed by atoms with E-state index in [0.29, 0.717) is 25.8 Å². The molecule has 2 unspecified atom stereocenters. The second-order valence-corrected chi connectivity index (χ2v) is 9.35. The highest BCUT2D eigenvalue weighted by Crippen LogP contribution is 2.18. The second-order valence-electron chi connectivity index (χ2n) is 9.35. The Morgan fingerprint density at radius 1 is 1.08 bits per heavy atom. The number of hydrogen-bond donors (Lipinski definition) is 4. The molecule has 2 rings (SSSR count). The van der Waals surface area contributed by atoms with Crippen LogP contribution in [0.4, 0.5) is 14.9 Å². The lowest BCUT2D eigenvalue weighted by molar-refractivity contribution is -0.138. The lowest BCUT2D eigenvalue weighted by atomic mass is 9.90. The monoisotopic (exact) mass is 550 g/mol. The normalized spacial score (nSPS) is 16.3. The Balaban J connectivity index is 2.10. The summed E-state index contributed by atoms with van der Waals surface area (Å²) in [4.78, 5) is 74.8. The molecular formula is C26H35FN4O8. The van der Waals surface area contributed by atoms with Gasteiger partial charge in [-0.15, -0.1) is 0 Å². The van der Waals surface area contributed by atoms with Crippen molar-refractivity contribution in [3.63, 3.8) is 0 Å². The van der Waals surface area contributed by atoms with Gasteiger partial charge in [-0.25, -0.2) is 9.18 Å². The van der Waals surface area contributed by atoms with Gasteiger partial charge in [-0.1, -0.05) is 25.5 Å². The van der Waals surface area contributed by atoms with Crippen molar-refractivity contribution in [1.82, 2.24) is 16.0 Å². The average Bonchev–Trinajstić information content (AvgIpc) is 2.88. The molecule has 0 saturated carbocycles. The lowest BCUT2D eigenvalue weighted by Gasteiger charge is -2.27. The number of para-hydroxylation sites is 1. The van der Waals surface area contributed by atoms with Crippen LogP contribution in [-0.2, 0) is 33.4 Å². The fraction of sp³-hybridized carbons (Fsp3) is 0.538. The Bertz CT molecular complexity index is 1060. The number of nitrogens with one attached hydrogen (secondary N) is 4. The summed E-state index contributed by atoms with van der Waals surface area (Å²) >= 11 is 0. The summed E-state index contributed by atoms with van der Waals surface area (Å²) in [6.45, 7) is 4.75. The molecule has 3 atom stereocenters. The maximum absolute atomic E-state index is 13.8. The molecule has 4 N–H and O–H groups in total. The quantitative estimate of drug-likeness (QED) is 0.225. The maximum atomic E-state index is 13.8. The van der Waals surface area contributed by atoms with Gasteiger partial charge in [-0.3, -0.25) is 24.0 Å². The van der Waals surface area contributed by atoms with E-state index >= 15 is 0 Å². The largest absolute Gasteiger partial charge is 0.508 e. The zero-order valence-electron chi connectivity index (χ0n) is 22.2. The third-order valence-electron chi connectivity index (χ3n) is 5.82. The van der Waals surface area contributed by atoms with Crippen LogP contribution >= 0.6 is 0 Å². The standard InChI is InChI=1S/C26H35FN4O8/c1-4-8-19(30-25(36)24(35)29-18-11-6-5-10-17(18)27)23(34)31-20(13-16-9-7-12-28-22(16)33)21(32)14-38-26(37)39-15(2)3/h5-6,10-11,15-16,19-20H,4,7-9,12-14H2,1-3H3,(H,28,33)(H,29,35)(H,30,36)(H,31,34)/t16?,19-,20?/m0/s1. The minimum absolute atomic E-state index is 0.0560. The predicted molar refractivity (Wildman–Crippen MR) is 137 cm³/mol. The van der Waals surface area contributed by atoms with E-state index in [9.17, 15) is 33.2 Å². The molecule has 1 aliphatic heterocycles. The number of ketones is 1. The Morgan fingerprint density at radius 3 is 2.44 bits per heavy atom. The SMILES string of the molecule is CCC[C@H](NC(=O)C(=O)Nc1ccccc1F)C(=O)NC(CC1CCCNC1=O)C(=O)COC(=O)OC(C)C. The van der Waals surface area contributed by atoms with Gasteiger partial charge >= 0.3 is 18.0 Å². The van der Waals surface area contributed by atoms with Gasteiger partial charge < -0.3 is 30.7 Å². The highest BCUT2D eigenvalue weighted by atomic mass is 19.1. The smallest absolute Gasteiger partial charge is 0.432 e. The Morgan fingerprint density at radius 2 is 1.79 bits per heavy atom. The number of Topliss-reactive ketones (excluding diaryl/α,β-unsaturated/α-hetero) is 1. The zero-order chi connectivity index (χ0) is 28.9. The lowest BCUT2D eigenvalue weighted by Crippen LogP contribution is -2.54. The van der Waals surface area contributed by atoms with E-state index in [1.54, 1.807) is 20.8 Å². The number of anilines is 1. The molecule has 0 aromatic heterocycles. The summed E-state index contributed by atoms with van der Waals surface area (Å²) < 4.78 is 23.5. The molecular weight excluding hydrogens is 515 g/mol. The fourth-order valence-corrected chi connectivity index (χ4v) is 3.87. The van der Waals surface area contributed by atoms with Crippen molar-refractivity contribution in [2.75, 3.05) is 18.5 Å². The molecule has 0 radical (unpaired) electrons. The maximum Gasteiger partial charge on any atom is 0.508 e. The van der Waals surface area contributed by atoms with Gasteiger partial charge in [0.05, 0.1) is 17.8 Å². The highest BCUT2D eigenvalue weighted by Gasteiger charge is 2.33. The number of ether oxygens (including phenoxy) is 2. The molecule has 1 fully saturated rings. The van der Waals surface area contributed by atoms with Gasteiger partial charge in [0.15, 0.2) is 12.4 Å². The van der Waals surface area contributed by atoms with E-state index < -0.39 is 66.2 Å². The van der Waals surface area contributed by atoms with Crippen LogP contribution in [0.15, 0.2) is 24.3 Å². The number of carbonyl (C=O) groups is 6. The van der Waals surface area contributed by atoms with Crippen LogP contribution in [-0.4, -0.2) is 66.9 Å². The topological polar surface area (TPSA) is 169 Å². The third-order valence-corrected chi connectivity index (χ3v) is 5.82. The van der Waals surface area contributed by atoms with Crippen molar-refractivity contribution in [2.24, 2.45) is 5.92 Å². The summed E-state index contributed by atoms with van der Waals surface area (Å²) in [5.74, 6) is -5.39. The van der Waals surface area contributed by atoms with Gasteiger partial charge in [0.2, 0.25) is 11.8 Å². The highest BCUT2D eigenvalue weighted by molar-refractivity contribution is 6.40. The molecule has 214 valence electrons. The van der Waals surface area contributed by atoms with Crippen LogP contribution in [0.25, 0.3) is 0 Å². The average molecular weight is 551 g/mol. The molecule has 0 aliphatic carbocycles. The van der Waals surface area contributed by atoms with E-state index in [4.69, 9.17) is 9.47 Å². The minimum atomic E-state index is -1.22. The van der Waals surface area contributed by atoms with Gasteiger partial charge in [-0.2, -0.15) is 0 Å². The first kappa shape index (κ1) is 31.2. The zero-order valence-corrected chi connectivity index (χ0v) is 22.2. The number of halogens is 1. The summed E-state index contributed by atoms with van der Waals surface area (Å²) in [6.07, 6.45) is 0.146. The molecule has 0 bridgehead atoms. The van der Waals surface area contributed by atoms with Crippen molar-refractivity contribution >= 4 is 41.3 Å². The van der Waals surface area contributed by atoms with Crippen LogP contribution in [0.3, 0.4) is 0 Å². The second kappa shape index (κ2) is 15.4. The summed E-state index contributed by atoms with van der Waals surface area (Å²) in [7, 11) is 0. The van der Waals surface area contributed by atoms with Crippen molar-refractivity contribution in [1.29, 1.82) is 0 Å². The van der Waals surface area contributed by atoms with E-state index in [1.165, 1.54) is 18.2 Å². The Hall–Kier alpha value is -4.03. The molecule has 4 amide bonds. The van der Waals surface area contributed by atoms with Crippen molar-refractivity contribution < 1.29 is 42.6 Å². The first-order chi connectivity index (χ1) is 18.5. The van der Waals surface area contributed by atoms with Crippen LogP contribution in [0.5, 0.6) is 0 Å². The Labute approximate surface area is 225 Å². The summed E-state index contributed by atoms with van der Waals surface area (Å²) in [6, 6.07) is 2.84. The molecule has 1 aromatic rings. The first-order valence-electron chi connectivity index (χ1n) is 12.8.